The molecule has 0 spiro atoms. The molecule has 0 fully saturated rings. The van der Waals surface area contributed by atoms with E-state index in [2.05, 4.69) is 40.1 Å². The lowest BCUT2D eigenvalue weighted by Gasteiger charge is -2.19. The van der Waals surface area contributed by atoms with Crippen LogP contribution in [0.25, 0.3) is 0 Å². The van der Waals surface area contributed by atoms with E-state index in [-0.39, 0.29) is 24.0 Å². The van der Waals surface area contributed by atoms with E-state index in [0.717, 1.165) is 18.9 Å². The minimum atomic E-state index is -4.14. The molecule has 0 saturated carbocycles. The molecule has 1 aromatic rings. The van der Waals surface area contributed by atoms with Gasteiger partial charge in [-0.15, -0.1) is 35.3 Å². The predicted molar refractivity (Wildman–Crippen MR) is 115 cm³/mol. The zero-order chi connectivity index (χ0) is 18.7. The van der Waals surface area contributed by atoms with Gasteiger partial charge in [0.05, 0.1) is 6.54 Å². The van der Waals surface area contributed by atoms with Gasteiger partial charge in [0.25, 0.3) is 0 Å². The van der Waals surface area contributed by atoms with Crippen LogP contribution < -0.4 is 10.6 Å². The highest BCUT2D eigenvalue weighted by molar-refractivity contribution is 14.0. The van der Waals surface area contributed by atoms with Crippen molar-refractivity contribution < 1.29 is 13.2 Å². The number of nitrogens with one attached hydrogen (secondary N) is 2. The molecule has 4 nitrogen and oxygen atoms in total. The highest BCUT2D eigenvalue weighted by atomic mass is 127. The number of thiophene rings is 1. The third-order valence-corrected chi connectivity index (χ3v) is 4.39. The van der Waals surface area contributed by atoms with Gasteiger partial charge in [-0.25, -0.2) is 0 Å². The van der Waals surface area contributed by atoms with Crippen molar-refractivity contribution in [3.63, 3.8) is 0 Å². The topological polar surface area (TPSA) is 39.7 Å². The van der Waals surface area contributed by atoms with E-state index in [9.17, 15) is 13.2 Å². The second-order valence-corrected chi connectivity index (χ2v) is 7.27. The van der Waals surface area contributed by atoms with Gasteiger partial charge in [-0.2, -0.15) is 13.2 Å². The van der Waals surface area contributed by atoms with Crippen LogP contribution in [0.2, 0.25) is 0 Å². The van der Waals surface area contributed by atoms with Crippen molar-refractivity contribution >= 4 is 41.3 Å². The number of nitrogens with zero attached hydrogens (tertiary/aromatic N) is 2. The Morgan fingerprint density at radius 1 is 1.35 bits per heavy atom. The minimum Gasteiger partial charge on any atom is -0.357 e. The van der Waals surface area contributed by atoms with E-state index in [0.29, 0.717) is 32.0 Å². The maximum atomic E-state index is 12.3. The quantitative estimate of drug-likeness (QED) is 0.218. The molecule has 0 aromatic carbocycles. The van der Waals surface area contributed by atoms with Crippen molar-refractivity contribution in [2.45, 2.75) is 32.9 Å². The number of rotatable bonds is 10. The van der Waals surface area contributed by atoms with Gasteiger partial charge < -0.3 is 10.6 Å². The van der Waals surface area contributed by atoms with Crippen LogP contribution in [0, 0.1) is 5.92 Å². The number of alkyl halides is 3. The van der Waals surface area contributed by atoms with Crippen LogP contribution in [0.1, 0.15) is 25.1 Å². The van der Waals surface area contributed by atoms with E-state index in [1.54, 1.807) is 11.3 Å². The molecule has 0 aliphatic heterocycles. The van der Waals surface area contributed by atoms with Crippen molar-refractivity contribution in [3.8, 4) is 0 Å². The summed E-state index contributed by atoms with van der Waals surface area (Å²) >= 11 is 1.75. The molecule has 0 aliphatic carbocycles. The molecule has 0 bridgehead atoms. The van der Waals surface area contributed by atoms with Crippen LogP contribution in [0.4, 0.5) is 13.2 Å². The van der Waals surface area contributed by atoms with E-state index < -0.39 is 12.7 Å². The predicted octanol–water partition coefficient (Wildman–Crippen LogP) is 3.98. The summed E-state index contributed by atoms with van der Waals surface area (Å²) in [6.07, 6.45) is -2.51. The maximum Gasteiger partial charge on any atom is 0.401 e. The van der Waals surface area contributed by atoms with Crippen LogP contribution in [0.3, 0.4) is 0 Å². The third-order valence-electron chi connectivity index (χ3n) is 3.49. The average Bonchev–Trinajstić information content (AvgIpc) is 3.00. The van der Waals surface area contributed by atoms with Gasteiger partial charge in [0.15, 0.2) is 5.96 Å². The van der Waals surface area contributed by atoms with Crippen molar-refractivity contribution in [1.29, 1.82) is 0 Å². The van der Waals surface area contributed by atoms with E-state index in [1.165, 1.54) is 16.8 Å². The van der Waals surface area contributed by atoms with Gasteiger partial charge in [-0.3, -0.25) is 9.89 Å². The average molecular weight is 506 g/mol. The molecule has 1 atom stereocenters. The molecule has 1 heterocycles. The normalized spacial score (nSPS) is 13.4. The molecule has 1 aromatic heterocycles. The molecule has 0 amide bonds. The molecule has 152 valence electrons. The van der Waals surface area contributed by atoms with Crippen molar-refractivity contribution in [2.24, 2.45) is 10.9 Å². The molecular formula is C17H30F3IN4S. The summed E-state index contributed by atoms with van der Waals surface area (Å²) in [7, 11) is 1.49. The lowest BCUT2D eigenvalue weighted by Crippen LogP contribution is -2.39. The Morgan fingerprint density at radius 3 is 2.65 bits per heavy atom. The van der Waals surface area contributed by atoms with Crippen LogP contribution in [0.5, 0.6) is 0 Å². The summed E-state index contributed by atoms with van der Waals surface area (Å²) in [4.78, 5) is 7.22. The van der Waals surface area contributed by atoms with Crippen LogP contribution in [-0.2, 0) is 6.42 Å². The van der Waals surface area contributed by atoms with Gasteiger partial charge >= 0.3 is 6.18 Å². The summed E-state index contributed by atoms with van der Waals surface area (Å²) in [6, 6.07) is 4.18. The molecule has 0 aliphatic rings. The van der Waals surface area contributed by atoms with Crippen LogP contribution in [0.15, 0.2) is 22.5 Å². The van der Waals surface area contributed by atoms with Gasteiger partial charge in [0.1, 0.15) is 0 Å². The lowest BCUT2D eigenvalue weighted by molar-refractivity contribution is -0.143. The summed E-state index contributed by atoms with van der Waals surface area (Å²) in [5.41, 5.74) is 0. The fraction of sp³-hybridized carbons (Fsp3) is 0.706. The first kappa shape index (κ1) is 25.4. The molecule has 0 radical (unpaired) electrons. The summed E-state index contributed by atoms with van der Waals surface area (Å²) in [5, 5.41) is 8.43. The Morgan fingerprint density at radius 2 is 2.08 bits per heavy atom. The molecule has 1 rings (SSSR count). The molecule has 0 saturated heterocycles. The first-order chi connectivity index (χ1) is 11.8. The monoisotopic (exact) mass is 506 g/mol. The smallest absolute Gasteiger partial charge is 0.357 e. The largest absolute Gasteiger partial charge is 0.401 e. The van der Waals surface area contributed by atoms with Crippen molar-refractivity contribution in [3.05, 3.63) is 22.4 Å². The third kappa shape index (κ3) is 12.7. The number of guanidine groups is 1. The summed E-state index contributed by atoms with van der Waals surface area (Å²) in [6.45, 7) is 5.72. The van der Waals surface area contributed by atoms with Crippen LogP contribution >= 0.6 is 35.3 Å². The Hall–Kier alpha value is -0.550. The van der Waals surface area contributed by atoms with Gasteiger partial charge in [0.2, 0.25) is 0 Å². The van der Waals surface area contributed by atoms with Crippen LogP contribution in [-0.4, -0.2) is 56.8 Å². The number of aliphatic imine (C=N–C) groups is 1. The molecular weight excluding hydrogens is 476 g/mol. The second kappa shape index (κ2) is 13.6. The fourth-order valence-electron chi connectivity index (χ4n) is 2.37. The molecule has 2 N–H and O–H groups in total. The summed E-state index contributed by atoms with van der Waals surface area (Å²) in [5.74, 6) is 1.16. The fourth-order valence-corrected chi connectivity index (χ4v) is 3.24. The number of halogens is 4. The minimum absolute atomic E-state index is 0. The van der Waals surface area contributed by atoms with Crippen molar-refractivity contribution in [2.75, 3.05) is 39.8 Å². The zero-order valence-corrected chi connectivity index (χ0v) is 18.8. The van der Waals surface area contributed by atoms with Gasteiger partial charge in [-0.05, 0) is 50.7 Å². The van der Waals surface area contributed by atoms with Crippen molar-refractivity contribution in [1.82, 2.24) is 15.5 Å². The Balaban J connectivity index is 0.00000625. The summed E-state index contributed by atoms with van der Waals surface area (Å²) < 4.78 is 36.8. The van der Waals surface area contributed by atoms with E-state index in [4.69, 9.17) is 0 Å². The highest BCUT2D eigenvalue weighted by Gasteiger charge is 2.28. The molecule has 9 heteroatoms. The lowest BCUT2D eigenvalue weighted by atomic mass is 10.1. The van der Waals surface area contributed by atoms with Gasteiger partial charge in [-0.1, -0.05) is 13.0 Å². The number of hydrogen-bond acceptors (Lipinski definition) is 3. The standard InChI is InChI=1S/C17H29F3N4S.HI/c1-4-21-16(22-8-6-9-24(3)13-17(18,19)20)23-12-14(2)11-15-7-5-10-25-15;/h5,7,10,14H,4,6,8-9,11-13H2,1-3H3,(H2,21,22,23);1H. The molecule has 26 heavy (non-hydrogen) atoms. The molecule has 1 unspecified atom stereocenters. The van der Waals surface area contributed by atoms with Gasteiger partial charge in [0, 0.05) is 24.5 Å². The first-order valence-electron chi connectivity index (χ1n) is 8.60. The zero-order valence-electron chi connectivity index (χ0n) is 15.6. The second-order valence-electron chi connectivity index (χ2n) is 6.24. The van der Waals surface area contributed by atoms with E-state index in [1.807, 2.05) is 6.92 Å². The number of hydrogen-bond donors (Lipinski definition) is 2. The maximum absolute atomic E-state index is 12.3. The Labute approximate surface area is 175 Å². The Bertz CT molecular complexity index is 495. The highest BCUT2D eigenvalue weighted by Crippen LogP contribution is 2.15. The SMILES string of the molecule is CCNC(=NCC(C)Cc1cccs1)NCCCN(C)CC(F)(F)F.I. The van der Waals surface area contributed by atoms with E-state index >= 15 is 0 Å². The first-order valence-corrected chi connectivity index (χ1v) is 9.48. The Kier molecular flexibility index (Phi) is 13.3.